The van der Waals surface area contributed by atoms with E-state index in [1.807, 2.05) is 0 Å². The van der Waals surface area contributed by atoms with Crippen molar-refractivity contribution in [1.82, 2.24) is 0 Å². The lowest BCUT2D eigenvalue weighted by molar-refractivity contribution is -0.102. The standard InChI is InChI=1S/C8H15NO/c1-2-3-4-5-6-9-7-8-10/h7-8H,2-6H2,1H3. The lowest BCUT2D eigenvalue weighted by Gasteiger charge is -1.92. The smallest absolute Gasteiger partial charge is 0.160 e. The van der Waals surface area contributed by atoms with Crippen LogP contribution < -0.4 is 0 Å². The van der Waals surface area contributed by atoms with E-state index in [0.717, 1.165) is 19.3 Å². The number of carbonyl (C=O) groups is 1. The minimum atomic E-state index is 0.722. The van der Waals surface area contributed by atoms with E-state index in [2.05, 4.69) is 11.9 Å². The molecule has 0 saturated heterocycles. The van der Waals surface area contributed by atoms with Crippen molar-refractivity contribution in [2.75, 3.05) is 6.54 Å². The maximum Gasteiger partial charge on any atom is 0.160 e. The Morgan fingerprint density at radius 1 is 1.30 bits per heavy atom. The minimum Gasteiger partial charge on any atom is -0.297 e. The van der Waals surface area contributed by atoms with Gasteiger partial charge in [-0.25, -0.2) is 0 Å². The summed E-state index contributed by atoms with van der Waals surface area (Å²) in [5, 5.41) is 0. The molecule has 0 saturated carbocycles. The highest BCUT2D eigenvalue weighted by Crippen LogP contribution is 1.97. The highest BCUT2D eigenvalue weighted by molar-refractivity contribution is 6.12. The molecule has 0 rings (SSSR count). The van der Waals surface area contributed by atoms with Gasteiger partial charge in [0.15, 0.2) is 6.29 Å². The normalized spacial score (nSPS) is 10.5. The van der Waals surface area contributed by atoms with Gasteiger partial charge in [-0.15, -0.1) is 0 Å². The second-order valence-electron chi connectivity index (χ2n) is 2.25. The van der Waals surface area contributed by atoms with Crippen molar-refractivity contribution in [1.29, 1.82) is 0 Å². The zero-order valence-electron chi connectivity index (χ0n) is 6.55. The Hall–Kier alpha value is -0.660. The van der Waals surface area contributed by atoms with E-state index in [1.165, 1.54) is 25.5 Å². The number of aliphatic imine (C=N–C) groups is 1. The van der Waals surface area contributed by atoms with Crippen LogP contribution in [0.2, 0.25) is 0 Å². The molecule has 0 spiro atoms. The Balaban J connectivity index is 2.90. The molecule has 0 aliphatic heterocycles. The van der Waals surface area contributed by atoms with Crippen LogP contribution in [0.3, 0.4) is 0 Å². The van der Waals surface area contributed by atoms with Crippen molar-refractivity contribution in [3.63, 3.8) is 0 Å². The number of aldehydes is 1. The molecule has 0 fully saturated rings. The lowest BCUT2D eigenvalue weighted by Crippen LogP contribution is -1.83. The second-order valence-corrected chi connectivity index (χ2v) is 2.25. The molecule has 0 radical (unpaired) electrons. The average Bonchev–Trinajstić information content (AvgIpc) is 1.97. The van der Waals surface area contributed by atoms with E-state index < -0.39 is 0 Å². The van der Waals surface area contributed by atoms with Crippen molar-refractivity contribution in [2.45, 2.75) is 32.6 Å². The molecule has 0 aliphatic carbocycles. The van der Waals surface area contributed by atoms with Crippen LogP contribution in [0.25, 0.3) is 0 Å². The van der Waals surface area contributed by atoms with Crippen LogP contribution in [0.4, 0.5) is 0 Å². The van der Waals surface area contributed by atoms with Gasteiger partial charge in [0.1, 0.15) is 0 Å². The third kappa shape index (κ3) is 7.34. The van der Waals surface area contributed by atoms with Crippen LogP contribution in [0.5, 0.6) is 0 Å². The van der Waals surface area contributed by atoms with Crippen LogP contribution in [0.15, 0.2) is 4.99 Å². The summed E-state index contributed by atoms with van der Waals surface area (Å²) in [7, 11) is 0. The van der Waals surface area contributed by atoms with Crippen LogP contribution in [-0.4, -0.2) is 19.0 Å². The molecule has 2 heteroatoms. The van der Waals surface area contributed by atoms with Gasteiger partial charge >= 0.3 is 0 Å². The van der Waals surface area contributed by atoms with Gasteiger partial charge in [-0.2, -0.15) is 0 Å². The average molecular weight is 141 g/mol. The molecular weight excluding hydrogens is 126 g/mol. The molecule has 0 aliphatic rings. The minimum absolute atomic E-state index is 0.722. The predicted molar refractivity (Wildman–Crippen MR) is 43.6 cm³/mol. The largest absolute Gasteiger partial charge is 0.297 e. The van der Waals surface area contributed by atoms with Gasteiger partial charge in [0, 0.05) is 6.54 Å². The molecule has 0 bridgehead atoms. The van der Waals surface area contributed by atoms with Crippen LogP contribution >= 0.6 is 0 Å². The summed E-state index contributed by atoms with van der Waals surface area (Å²) in [5.41, 5.74) is 0. The summed E-state index contributed by atoms with van der Waals surface area (Å²) in [4.78, 5) is 13.6. The zero-order chi connectivity index (χ0) is 7.66. The molecule has 0 aromatic carbocycles. The number of hydrogen-bond donors (Lipinski definition) is 0. The summed E-state index contributed by atoms with van der Waals surface area (Å²) in [6.45, 7) is 2.98. The van der Waals surface area contributed by atoms with E-state index in [-0.39, 0.29) is 0 Å². The maximum atomic E-state index is 9.74. The van der Waals surface area contributed by atoms with Crippen molar-refractivity contribution < 1.29 is 4.79 Å². The van der Waals surface area contributed by atoms with Crippen molar-refractivity contribution >= 4 is 12.5 Å². The SMILES string of the molecule is CCCCCCN=CC=O. The zero-order valence-corrected chi connectivity index (χ0v) is 6.55. The van der Waals surface area contributed by atoms with Crippen LogP contribution in [-0.2, 0) is 4.79 Å². The predicted octanol–water partition coefficient (Wildman–Crippen LogP) is 1.84. The van der Waals surface area contributed by atoms with Crippen LogP contribution in [0, 0.1) is 0 Å². The maximum absolute atomic E-state index is 9.74. The van der Waals surface area contributed by atoms with Gasteiger partial charge < -0.3 is 0 Å². The first-order chi connectivity index (χ1) is 4.91. The van der Waals surface area contributed by atoms with Gasteiger partial charge in [-0.3, -0.25) is 9.79 Å². The first kappa shape index (κ1) is 9.34. The van der Waals surface area contributed by atoms with Crippen molar-refractivity contribution in [3.05, 3.63) is 0 Å². The summed E-state index contributed by atoms with van der Waals surface area (Å²) >= 11 is 0. The van der Waals surface area contributed by atoms with E-state index in [1.54, 1.807) is 0 Å². The summed E-state index contributed by atoms with van der Waals surface area (Å²) in [5.74, 6) is 0. The molecule has 0 unspecified atom stereocenters. The Bertz CT molecular complexity index is 99.4. The van der Waals surface area contributed by atoms with Gasteiger partial charge in [0.25, 0.3) is 0 Å². The van der Waals surface area contributed by atoms with Gasteiger partial charge in [0.05, 0.1) is 6.21 Å². The Labute approximate surface area is 62.4 Å². The van der Waals surface area contributed by atoms with Crippen molar-refractivity contribution in [2.24, 2.45) is 4.99 Å². The molecule has 0 aromatic heterocycles. The first-order valence-corrected chi connectivity index (χ1v) is 3.85. The summed E-state index contributed by atoms with van der Waals surface area (Å²) < 4.78 is 0. The third-order valence-corrected chi connectivity index (χ3v) is 1.31. The molecule has 0 aromatic rings. The number of hydrogen-bond acceptors (Lipinski definition) is 2. The number of rotatable bonds is 6. The fourth-order valence-corrected chi connectivity index (χ4v) is 0.747. The third-order valence-electron chi connectivity index (χ3n) is 1.31. The quantitative estimate of drug-likeness (QED) is 0.315. The Morgan fingerprint density at radius 2 is 2.10 bits per heavy atom. The van der Waals surface area contributed by atoms with Crippen LogP contribution in [0.1, 0.15) is 32.6 Å². The lowest BCUT2D eigenvalue weighted by atomic mass is 10.2. The topological polar surface area (TPSA) is 29.4 Å². The number of carbonyl (C=O) groups excluding carboxylic acids is 1. The first-order valence-electron chi connectivity index (χ1n) is 3.85. The number of nitrogens with zero attached hydrogens (tertiary/aromatic N) is 1. The highest BCUT2D eigenvalue weighted by Gasteiger charge is 1.83. The molecular formula is C8H15NO. The fourth-order valence-electron chi connectivity index (χ4n) is 0.747. The number of unbranched alkanes of at least 4 members (excludes halogenated alkanes) is 3. The molecule has 0 amide bonds. The molecule has 0 atom stereocenters. The molecule has 58 valence electrons. The summed E-state index contributed by atoms with van der Waals surface area (Å²) in [6, 6.07) is 0. The van der Waals surface area contributed by atoms with Gasteiger partial charge in [-0.1, -0.05) is 26.2 Å². The Kier molecular flexibility index (Phi) is 7.79. The van der Waals surface area contributed by atoms with Gasteiger partial charge in [0.2, 0.25) is 0 Å². The molecule has 2 nitrogen and oxygen atoms in total. The fraction of sp³-hybridized carbons (Fsp3) is 0.750. The van der Waals surface area contributed by atoms with E-state index in [4.69, 9.17) is 0 Å². The van der Waals surface area contributed by atoms with Gasteiger partial charge in [-0.05, 0) is 6.42 Å². The van der Waals surface area contributed by atoms with E-state index >= 15 is 0 Å². The highest BCUT2D eigenvalue weighted by atomic mass is 16.1. The van der Waals surface area contributed by atoms with E-state index in [0.29, 0.717) is 0 Å². The van der Waals surface area contributed by atoms with Crippen molar-refractivity contribution in [3.8, 4) is 0 Å². The summed E-state index contributed by atoms with van der Waals surface area (Å²) in [6.07, 6.45) is 6.91. The Morgan fingerprint density at radius 3 is 2.70 bits per heavy atom. The molecule has 10 heavy (non-hydrogen) atoms. The monoisotopic (exact) mass is 141 g/mol. The molecule has 0 N–H and O–H groups in total. The molecule has 0 heterocycles. The van der Waals surface area contributed by atoms with E-state index in [9.17, 15) is 4.79 Å². The second kappa shape index (κ2) is 8.34.